The molecule has 1 aliphatic rings. The summed E-state index contributed by atoms with van der Waals surface area (Å²) in [5.41, 5.74) is -0.646. The van der Waals surface area contributed by atoms with Crippen molar-refractivity contribution in [3.05, 3.63) is 40.4 Å². The highest BCUT2D eigenvalue weighted by Gasteiger charge is 2.33. The summed E-state index contributed by atoms with van der Waals surface area (Å²) in [6.07, 6.45) is -2.03. The Kier molecular flexibility index (Phi) is 5.37. The molecule has 1 fully saturated rings. The Morgan fingerprint density at radius 2 is 1.91 bits per heavy atom. The van der Waals surface area contributed by atoms with Crippen LogP contribution in [0.5, 0.6) is 0 Å². The Morgan fingerprint density at radius 1 is 1.30 bits per heavy atom. The maximum absolute atomic E-state index is 12.8. The molecule has 1 amide bonds. The molecule has 1 heterocycles. The number of hydrogen-bond acceptors (Lipinski definition) is 2. The molecule has 1 aromatic carbocycles. The Morgan fingerprint density at radius 3 is 2.48 bits per heavy atom. The number of alkyl halides is 3. The van der Waals surface area contributed by atoms with Crippen LogP contribution in [-0.2, 0) is 15.7 Å². The molecular formula is C16H17ClF3NO2. The lowest BCUT2D eigenvalue weighted by Crippen LogP contribution is -2.47. The van der Waals surface area contributed by atoms with E-state index in [4.69, 9.17) is 16.3 Å². The quantitative estimate of drug-likeness (QED) is 0.757. The lowest BCUT2D eigenvalue weighted by Gasteiger charge is -2.34. The van der Waals surface area contributed by atoms with Crippen molar-refractivity contribution >= 4 is 23.6 Å². The molecule has 2 rings (SSSR count). The van der Waals surface area contributed by atoms with Gasteiger partial charge in [0.2, 0.25) is 5.91 Å². The molecule has 2 unspecified atom stereocenters. The Hall–Kier alpha value is -1.53. The van der Waals surface area contributed by atoms with Crippen molar-refractivity contribution in [2.75, 3.05) is 13.1 Å². The Bertz CT molecular complexity index is 606. The van der Waals surface area contributed by atoms with Crippen LogP contribution in [0.1, 0.15) is 25.0 Å². The van der Waals surface area contributed by atoms with Crippen LogP contribution >= 0.6 is 11.6 Å². The van der Waals surface area contributed by atoms with Crippen LogP contribution in [0.15, 0.2) is 24.3 Å². The summed E-state index contributed by atoms with van der Waals surface area (Å²) in [6.45, 7) is 4.66. The van der Waals surface area contributed by atoms with Crippen LogP contribution in [0.4, 0.5) is 13.2 Å². The predicted octanol–water partition coefficient (Wildman–Crippen LogP) is 4.01. The van der Waals surface area contributed by atoms with E-state index in [1.807, 2.05) is 13.8 Å². The van der Waals surface area contributed by atoms with E-state index in [2.05, 4.69) is 0 Å². The van der Waals surface area contributed by atoms with Gasteiger partial charge in [0, 0.05) is 19.2 Å². The number of amides is 1. The van der Waals surface area contributed by atoms with Crippen molar-refractivity contribution < 1.29 is 22.7 Å². The van der Waals surface area contributed by atoms with Crippen molar-refractivity contribution in [2.24, 2.45) is 0 Å². The summed E-state index contributed by atoms with van der Waals surface area (Å²) in [7, 11) is 0. The normalized spacial score (nSPS) is 22.6. The standard InChI is InChI=1S/C16H17ClF3NO2/c1-10-8-21(9-11(2)23-10)15(22)6-4-12-3-5-14(17)13(7-12)16(18,19)20/h3-7,10-11H,8-9H2,1-2H3. The third kappa shape index (κ3) is 4.72. The van der Waals surface area contributed by atoms with Gasteiger partial charge in [-0.15, -0.1) is 0 Å². The van der Waals surface area contributed by atoms with Gasteiger partial charge >= 0.3 is 6.18 Å². The topological polar surface area (TPSA) is 29.5 Å². The molecule has 0 spiro atoms. The van der Waals surface area contributed by atoms with Gasteiger partial charge in [-0.1, -0.05) is 17.7 Å². The van der Waals surface area contributed by atoms with E-state index in [0.29, 0.717) is 13.1 Å². The second-order valence-corrected chi connectivity index (χ2v) is 5.98. The monoisotopic (exact) mass is 347 g/mol. The number of carbonyl (C=O) groups is 1. The minimum atomic E-state index is -4.53. The van der Waals surface area contributed by atoms with Crippen LogP contribution in [0.3, 0.4) is 0 Å². The summed E-state index contributed by atoms with van der Waals surface area (Å²) in [5, 5.41) is -0.364. The average Bonchev–Trinajstić information content (AvgIpc) is 2.43. The van der Waals surface area contributed by atoms with E-state index in [0.717, 1.165) is 6.07 Å². The fourth-order valence-electron chi connectivity index (χ4n) is 2.49. The predicted molar refractivity (Wildman–Crippen MR) is 82.1 cm³/mol. The van der Waals surface area contributed by atoms with Gasteiger partial charge in [0.05, 0.1) is 22.8 Å². The molecule has 0 aromatic heterocycles. The maximum Gasteiger partial charge on any atom is 0.417 e. The molecule has 0 saturated carbocycles. The zero-order valence-corrected chi connectivity index (χ0v) is 13.5. The van der Waals surface area contributed by atoms with Gasteiger partial charge in [0.25, 0.3) is 0 Å². The van der Waals surface area contributed by atoms with E-state index in [-0.39, 0.29) is 28.7 Å². The molecule has 0 radical (unpaired) electrons. The highest BCUT2D eigenvalue weighted by molar-refractivity contribution is 6.31. The van der Waals surface area contributed by atoms with Crippen molar-refractivity contribution in [1.29, 1.82) is 0 Å². The summed E-state index contributed by atoms with van der Waals surface area (Å²) >= 11 is 5.56. The number of halogens is 4. The largest absolute Gasteiger partial charge is 0.417 e. The molecule has 3 nitrogen and oxygen atoms in total. The van der Waals surface area contributed by atoms with Gasteiger partial charge in [-0.05, 0) is 37.6 Å². The molecule has 7 heteroatoms. The van der Waals surface area contributed by atoms with Crippen LogP contribution in [0.25, 0.3) is 6.08 Å². The van der Waals surface area contributed by atoms with E-state index < -0.39 is 11.7 Å². The first kappa shape index (κ1) is 17.8. The van der Waals surface area contributed by atoms with Crippen molar-refractivity contribution in [3.63, 3.8) is 0 Å². The molecule has 2 atom stereocenters. The first-order chi connectivity index (χ1) is 10.7. The average molecular weight is 348 g/mol. The lowest BCUT2D eigenvalue weighted by atomic mass is 10.1. The van der Waals surface area contributed by atoms with E-state index >= 15 is 0 Å². The van der Waals surface area contributed by atoms with E-state index in [1.165, 1.54) is 24.3 Å². The minimum absolute atomic E-state index is 0.0662. The van der Waals surface area contributed by atoms with Crippen LogP contribution in [-0.4, -0.2) is 36.1 Å². The highest BCUT2D eigenvalue weighted by atomic mass is 35.5. The van der Waals surface area contributed by atoms with Crippen molar-refractivity contribution in [3.8, 4) is 0 Å². The first-order valence-electron chi connectivity index (χ1n) is 7.16. The van der Waals surface area contributed by atoms with Gasteiger partial charge in [-0.3, -0.25) is 4.79 Å². The molecule has 0 N–H and O–H groups in total. The second-order valence-electron chi connectivity index (χ2n) is 5.57. The zero-order valence-electron chi connectivity index (χ0n) is 12.7. The van der Waals surface area contributed by atoms with Crippen molar-refractivity contribution in [2.45, 2.75) is 32.2 Å². The molecule has 23 heavy (non-hydrogen) atoms. The summed E-state index contributed by atoms with van der Waals surface area (Å²) in [4.78, 5) is 13.8. The van der Waals surface area contributed by atoms with E-state index in [9.17, 15) is 18.0 Å². The highest BCUT2D eigenvalue weighted by Crippen LogP contribution is 2.35. The molecule has 0 bridgehead atoms. The molecule has 1 aromatic rings. The second kappa shape index (κ2) is 6.93. The SMILES string of the molecule is CC1CN(C(=O)C=Cc2ccc(Cl)c(C(F)(F)F)c2)CC(C)O1. The van der Waals surface area contributed by atoms with Crippen LogP contribution in [0.2, 0.25) is 5.02 Å². The Labute approximate surface area is 137 Å². The smallest absolute Gasteiger partial charge is 0.372 e. The van der Waals surface area contributed by atoms with Gasteiger partial charge in [0.1, 0.15) is 0 Å². The fourth-order valence-corrected chi connectivity index (χ4v) is 2.72. The molecule has 1 aliphatic heterocycles. The molecular weight excluding hydrogens is 331 g/mol. The van der Waals surface area contributed by atoms with Crippen LogP contribution in [0, 0.1) is 0 Å². The third-order valence-electron chi connectivity index (χ3n) is 3.45. The third-order valence-corrected chi connectivity index (χ3v) is 3.78. The number of carbonyl (C=O) groups excluding carboxylic acids is 1. The maximum atomic E-state index is 12.8. The molecule has 0 aliphatic carbocycles. The lowest BCUT2D eigenvalue weighted by molar-refractivity contribution is -0.138. The number of ether oxygens (including phenoxy) is 1. The first-order valence-corrected chi connectivity index (χ1v) is 7.54. The number of rotatable bonds is 2. The number of hydrogen-bond donors (Lipinski definition) is 0. The van der Waals surface area contributed by atoms with E-state index in [1.54, 1.807) is 4.90 Å². The fraction of sp³-hybridized carbons (Fsp3) is 0.438. The molecule has 1 saturated heterocycles. The van der Waals surface area contributed by atoms with Gasteiger partial charge < -0.3 is 9.64 Å². The number of nitrogens with zero attached hydrogens (tertiary/aromatic N) is 1. The number of morpholine rings is 1. The van der Waals surface area contributed by atoms with Gasteiger partial charge in [-0.25, -0.2) is 0 Å². The Balaban J connectivity index is 2.12. The molecule has 126 valence electrons. The summed E-state index contributed by atoms with van der Waals surface area (Å²) in [6, 6.07) is 3.54. The summed E-state index contributed by atoms with van der Waals surface area (Å²) < 4.78 is 44.0. The van der Waals surface area contributed by atoms with Crippen LogP contribution < -0.4 is 0 Å². The van der Waals surface area contributed by atoms with Gasteiger partial charge in [-0.2, -0.15) is 13.2 Å². The van der Waals surface area contributed by atoms with Crippen molar-refractivity contribution in [1.82, 2.24) is 4.90 Å². The zero-order chi connectivity index (χ0) is 17.2. The summed E-state index contributed by atoms with van der Waals surface area (Å²) in [5.74, 6) is -0.254. The minimum Gasteiger partial charge on any atom is -0.372 e. The van der Waals surface area contributed by atoms with Gasteiger partial charge in [0.15, 0.2) is 0 Å². The number of benzene rings is 1.